The lowest BCUT2D eigenvalue weighted by molar-refractivity contribution is 1.07. The van der Waals surface area contributed by atoms with Crippen molar-refractivity contribution < 1.29 is 0 Å². The normalized spacial score (nSPS) is 10.9. The number of allylic oxidation sites excluding steroid dienone is 1. The van der Waals surface area contributed by atoms with E-state index < -0.39 is 0 Å². The van der Waals surface area contributed by atoms with Gasteiger partial charge in [-0.3, -0.25) is 0 Å². The van der Waals surface area contributed by atoms with Crippen LogP contribution >= 0.6 is 15.9 Å². The molecule has 0 saturated heterocycles. The SMILES string of the molecule is N/C(=C\Cc1ccc(Br)cc1)c1ccc(-c2ccccc2)cc1.NCc1ccc(-c2ccccc2)cc1. The van der Waals surface area contributed by atoms with Gasteiger partial charge in [-0.2, -0.15) is 0 Å². The van der Waals surface area contributed by atoms with Gasteiger partial charge in [0.15, 0.2) is 0 Å². The Kier molecular flexibility index (Phi) is 9.47. The quantitative estimate of drug-likeness (QED) is 0.224. The Balaban J connectivity index is 0.000000195. The summed E-state index contributed by atoms with van der Waals surface area (Å²) in [5.41, 5.74) is 20.9. The molecule has 0 radical (unpaired) electrons. The molecule has 0 fully saturated rings. The fraction of sp³-hybridized carbons (Fsp3) is 0.0588. The average Bonchev–Trinajstić information content (AvgIpc) is 2.98. The van der Waals surface area contributed by atoms with Crippen LogP contribution in [0.15, 0.2) is 144 Å². The van der Waals surface area contributed by atoms with E-state index in [-0.39, 0.29) is 0 Å². The molecule has 3 heteroatoms. The maximum Gasteiger partial charge on any atom is 0.0350 e. The summed E-state index contributed by atoms with van der Waals surface area (Å²) in [5, 5.41) is 0. The van der Waals surface area contributed by atoms with Gasteiger partial charge in [0.1, 0.15) is 0 Å². The molecule has 0 saturated carbocycles. The van der Waals surface area contributed by atoms with E-state index in [1.807, 2.05) is 36.4 Å². The van der Waals surface area contributed by atoms with Gasteiger partial charge in [-0.05, 0) is 57.5 Å². The van der Waals surface area contributed by atoms with E-state index in [0.717, 1.165) is 22.2 Å². The lowest BCUT2D eigenvalue weighted by atomic mass is 10.0. The Bertz CT molecular complexity index is 1390. The minimum absolute atomic E-state index is 0.606. The molecule has 2 nitrogen and oxygen atoms in total. The van der Waals surface area contributed by atoms with Crippen LogP contribution in [0.3, 0.4) is 0 Å². The van der Waals surface area contributed by atoms with Crippen molar-refractivity contribution >= 4 is 21.6 Å². The second-order valence-electron chi connectivity index (χ2n) is 8.70. The molecule has 4 N–H and O–H groups in total. The zero-order valence-electron chi connectivity index (χ0n) is 20.7. The van der Waals surface area contributed by atoms with Gasteiger partial charge in [-0.1, -0.05) is 143 Å². The van der Waals surface area contributed by atoms with Crippen LogP contribution in [0.4, 0.5) is 0 Å². The zero-order valence-corrected chi connectivity index (χ0v) is 22.3. The molecule has 0 unspecified atom stereocenters. The molecule has 0 spiro atoms. The highest BCUT2D eigenvalue weighted by molar-refractivity contribution is 9.10. The predicted molar refractivity (Wildman–Crippen MR) is 162 cm³/mol. The van der Waals surface area contributed by atoms with Gasteiger partial charge in [0.25, 0.3) is 0 Å². The van der Waals surface area contributed by atoms with Gasteiger partial charge in [0.2, 0.25) is 0 Å². The van der Waals surface area contributed by atoms with E-state index in [2.05, 4.69) is 119 Å². The van der Waals surface area contributed by atoms with Crippen molar-refractivity contribution in [3.63, 3.8) is 0 Å². The van der Waals surface area contributed by atoms with E-state index in [4.69, 9.17) is 11.5 Å². The largest absolute Gasteiger partial charge is 0.398 e. The highest BCUT2D eigenvalue weighted by atomic mass is 79.9. The van der Waals surface area contributed by atoms with Crippen LogP contribution in [0.1, 0.15) is 16.7 Å². The van der Waals surface area contributed by atoms with Crippen LogP contribution in [0.25, 0.3) is 28.0 Å². The molecule has 37 heavy (non-hydrogen) atoms. The molecule has 5 rings (SSSR count). The molecule has 0 aliphatic heterocycles. The minimum Gasteiger partial charge on any atom is -0.398 e. The smallest absolute Gasteiger partial charge is 0.0350 e. The summed E-state index contributed by atoms with van der Waals surface area (Å²) in [6, 6.07) is 45.8. The molecule has 0 aliphatic carbocycles. The molecule has 0 bridgehead atoms. The molecule has 0 aromatic heterocycles. The van der Waals surface area contributed by atoms with E-state index in [1.165, 1.54) is 33.4 Å². The Morgan fingerprint density at radius 2 is 0.973 bits per heavy atom. The van der Waals surface area contributed by atoms with E-state index in [9.17, 15) is 0 Å². The summed E-state index contributed by atoms with van der Waals surface area (Å²) < 4.78 is 1.09. The number of hydrogen-bond acceptors (Lipinski definition) is 2. The summed E-state index contributed by atoms with van der Waals surface area (Å²) in [6.45, 7) is 0.606. The first-order valence-corrected chi connectivity index (χ1v) is 13.1. The van der Waals surface area contributed by atoms with Crippen molar-refractivity contribution in [3.05, 3.63) is 161 Å². The van der Waals surface area contributed by atoms with Gasteiger partial charge in [-0.25, -0.2) is 0 Å². The molecule has 0 atom stereocenters. The summed E-state index contributed by atoms with van der Waals surface area (Å²) in [6.07, 6.45) is 2.90. The molecule has 0 aliphatic rings. The summed E-state index contributed by atoms with van der Waals surface area (Å²) >= 11 is 3.45. The molecule has 0 heterocycles. The van der Waals surface area contributed by atoms with Crippen LogP contribution in [0, 0.1) is 0 Å². The van der Waals surface area contributed by atoms with Crippen LogP contribution in [0.5, 0.6) is 0 Å². The number of benzene rings is 5. The fourth-order valence-corrected chi connectivity index (χ4v) is 4.18. The Labute approximate surface area is 228 Å². The second kappa shape index (κ2) is 13.4. The van der Waals surface area contributed by atoms with Crippen molar-refractivity contribution in [2.45, 2.75) is 13.0 Å². The van der Waals surface area contributed by atoms with E-state index in [1.54, 1.807) is 0 Å². The predicted octanol–water partition coefficient (Wildman–Crippen LogP) is 8.47. The molecular formula is C34H31BrN2. The number of rotatable bonds is 6. The van der Waals surface area contributed by atoms with E-state index in [0.29, 0.717) is 6.54 Å². The Morgan fingerprint density at radius 1 is 0.541 bits per heavy atom. The number of nitrogens with two attached hydrogens (primary N) is 2. The lowest BCUT2D eigenvalue weighted by Gasteiger charge is -2.05. The third-order valence-corrected chi connectivity index (χ3v) is 6.62. The minimum atomic E-state index is 0.606. The Morgan fingerprint density at radius 3 is 1.46 bits per heavy atom. The lowest BCUT2D eigenvalue weighted by Crippen LogP contribution is -1.97. The van der Waals surface area contributed by atoms with Gasteiger partial charge in [0, 0.05) is 16.7 Å². The second-order valence-corrected chi connectivity index (χ2v) is 9.62. The van der Waals surface area contributed by atoms with E-state index >= 15 is 0 Å². The van der Waals surface area contributed by atoms with Gasteiger partial charge >= 0.3 is 0 Å². The first-order chi connectivity index (χ1) is 18.1. The highest BCUT2D eigenvalue weighted by Gasteiger charge is 2.00. The van der Waals surface area contributed by atoms with Crippen molar-refractivity contribution in [1.82, 2.24) is 0 Å². The third kappa shape index (κ3) is 7.78. The maximum atomic E-state index is 6.21. The first kappa shape index (κ1) is 26.2. The van der Waals surface area contributed by atoms with Crippen LogP contribution in [0.2, 0.25) is 0 Å². The number of hydrogen-bond donors (Lipinski definition) is 2. The van der Waals surface area contributed by atoms with Gasteiger partial charge in [-0.15, -0.1) is 0 Å². The first-order valence-electron chi connectivity index (χ1n) is 12.3. The summed E-state index contributed by atoms with van der Waals surface area (Å²) in [7, 11) is 0. The monoisotopic (exact) mass is 546 g/mol. The fourth-order valence-electron chi connectivity index (χ4n) is 3.92. The van der Waals surface area contributed by atoms with Crippen LogP contribution < -0.4 is 11.5 Å². The van der Waals surface area contributed by atoms with Crippen molar-refractivity contribution in [2.75, 3.05) is 0 Å². The maximum absolute atomic E-state index is 6.21. The topological polar surface area (TPSA) is 52.0 Å². The van der Waals surface area contributed by atoms with Crippen molar-refractivity contribution in [1.29, 1.82) is 0 Å². The molecule has 5 aromatic rings. The molecular weight excluding hydrogens is 516 g/mol. The van der Waals surface area contributed by atoms with Gasteiger partial charge in [0.05, 0.1) is 0 Å². The third-order valence-electron chi connectivity index (χ3n) is 6.09. The van der Waals surface area contributed by atoms with Crippen molar-refractivity contribution in [3.8, 4) is 22.3 Å². The Hall–Kier alpha value is -3.92. The molecule has 0 amide bonds. The highest BCUT2D eigenvalue weighted by Crippen LogP contribution is 2.22. The van der Waals surface area contributed by atoms with Crippen LogP contribution in [-0.2, 0) is 13.0 Å². The van der Waals surface area contributed by atoms with Crippen LogP contribution in [-0.4, -0.2) is 0 Å². The zero-order chi connectivity index (χ0) is 25.9. The number of halogens is 1. The summed E-state index contributed by atoms with van der Waals surface area (Å²) in [4.78, 5) is 0. The summed E-state index contributed by atoms with van der Waals surface area (Å²) in [5.74, 6) is 0. The molecule has 5 aromatic carbocycles. The standard InChI is InChI=1S/C21H18BrN.C13H13N/c22-20-13-6-16(7-14-20)8-15-21(23)19-11-9-18(10-12-19)17-4-2-1-3-5-17;14-10-11-6-8-13(9-7-11)12-4-2-1-3-5-12/h1-7,9-15H,8,23H2;1-9H,10,14H2/b21-15-;. The van der Waals surface area contributed by atoms with Crippen molar-refractivity contribution in [2.24, 2.45) is 11.5 Å². The average molecular weight is 548 g/mol. The molecule has 184 valence electrons. The van der Waals surface area contributed by atoms with Gasteiger partial charge < -0.3 is 11.5 Å².